The van der Waals surface area contributed by atoms with Crippen LogP contribution in [-0.4, -0.2) is 39.1 Å². The maximum absolute atomic E-state index is 12.8. The molecule has 1 saturated carbocycles. The van der Waals surface area contributed by atoms with Crippen LogP contribution in [0.15, 0.2) is 41.5 Å². The summed E-state index contributed by atoms with van der Waals surface area (Å²) in [6.07, 6.45) is 8.71. The van der Waals surface area contributed by atoms with Gasteiger partial charge in [-0.1, -0.05) is 6.92 Å². The normalized spacial score (nSPS) is 15.0. The molecule has 0 unspecified atom stereocenters. The van der Waals surface area contributed by atoms with E-state index in [0.717, 1.165) is 12.8 Å². The highest BCUT2D eigenvalue weighted by molar-refractivity contribution is 5.84. The largest absolute Gasteiger partial charge is 0.467 e. The van der Waals surface area contributed by atoms with E-state index in [0.29, 0.717) is 24.7 Å². The van der Waals surface area contributed by atoms with E-state index in [2.05, 4.69) is 4.98 Å². The molecule has 2 aromatic heterocycles. The van der Waals surface area contributed by atoms with Crippen molar-refractivity contribution in [3.8, 4) is 0 Å². The lowest BCUT2D eigenvalue weighted by molar-refractivity contribution is -0.149. The van der Waals surface area contributed by atoms with E-state index < -0.39 is 6.04 Å². The van der Waals surface area contributed by atoms with Gasteiger partial charge in [-0.05, 0) is 37.3 Å². The lowest BCUT2D eigenvalue weighted by Gasteiger charge is -2.28. The van der Waals surface area contributed by atoms with Crippen LogP contribution in [0.2, 0.25) is 0 Å². The zero-order valence-corrected chi connectivity index (χ0v) is 13.6. The molecule has 0 radical (unpaired) electrons. The molecule has 1 fully saturated rings. The summed E-state index contributed by atoms with van der Waals surface area (Å²) < 4.78 is 12.1. The van der Waals surface area contributed by atoms with Gasteiger partial charge in [0.1, 0.15) is 18.1 Å². The Morgan fingerprint density at radius 1 is 1.50 bits per heavy atom. The van der Waals surface area contributed by atoms with Crippen LogP contribution in [0.3, 0.4) is 0 Å². The van der Waals surface area contributed by atoms with E-state index in [4.69, 9.17) is 9.15 Å². The van der Waals surface area contributed by atoms with Crippen LogP contribution >= 0.6 is 0 Å². The van der Waals surface area contributed by atoms with Crippen LogP contribution in [0, 0.1) is 5.92 Å². The van der Waals surface area contributed by atoms with Gasteiger partial charge in [-0.2, -0.15) is 0 Å². The summed E-state index contributed by atoms with van der Waals surface area (Å²) in [7, 11) is 0. The third kappa shape index (κ3) is 3.84. The van der Waals surface area contributed by atoms with Crippen LogP contribution in [0.5, 0.6) is 0 Å². The Morgan fingerprint density at radius 2 is 2.33 bits per heavy atom. The molecule has 2 heterocycles. The van der Waals surface area contributed by atoms with E-state index >= 15 is 0 Å². The van der Waals surface area contributed by atoms with Crippen molar-refractivity contribution in [2.75, 3.05) is 6.61 Å². The van der Waals surface area contributed by atoms with Gasteiger partial charge in [0.05, 0.1) is 19.4 Å². The van der Waals surface area contributed by atoms with Gasteiger partial charge < -0.3 is 14.1 Å². The number of esters is 1. The molecule has 0 aliphatic heterocycles. The average molecular weight is 331 g/mol. The summed E-state index contributed by atoms with van der Waals surface area (Å²) in [5.41, 5.74) is 0. The Bertz CT molecular complexity index is 662. The van der Waals surface area contributed by atoms with Crippen molar-refractivity contribution >= 4 is 12.0 Å². The number of carbonyl (C=O) groups excluding carboxylic acids is 2. The molecule has 24 heavy (non-hydrogen) atoms. The first-order chi connectivity index (χ1) is 11.7. The van der Waals surface area contributed by atoms with Gasteiger partial charge in [-0.3, -0.25) is 4.57 Å². The summed E-state index contributed by atoms with van der Waals surface area (Å²) in [6.45, 7) is 2.49. The van der Waals surface area contributed by atoms with E-state index in [1.165, 1.54) is 22.0 Å². The van der Waals surface area contributed by atoms with Crippen LogP contribution in [0.1, 0.15) is 31.9 Å². The Balaban J connectivity index is 1.77. The molecular formula is C17H21N3O4. The Kier molecular flexibility index (Phi) is 4.98. The Labute approximate surface area is 140 Å². The molecule has 1 amide bonds. The van der Waals surface area contributed by atoms with Crippen molar-refractivity contribution in [1.82, 2.24) is 14.5 Å². The first-order valence-electron chi connectivity index (χ1n) is 8.17. The molecule has 0 N–H and O–H groups in total. The third-order valence-corrected chi connectivity index (χ3v) is 4.07. The smallest absolute Gasteiger partial charge is 0.330 e. The molecule has 3 rings (SSSR count). The van der Waals surface area contributed by atoms with Gasteiger partial charge in [0, 0.05) is 12.4 Å². The number of nitrogens with zero attached hydrogens (tertiary/aromatic N) is 3. The number of hydrogen-bond acceptors (Lipinski definition) is 5. The molecule has 0 saturated heterocycles. The molecule has 0 bridgehead atoms. The van der Waals surface area contributed by atoms with Crippen molar-refractivity contribution < 1.29 is 18.7 Å². The molecule has 1 aliphatic carbocycles. The molecule has 7 heteroatoms. The maximum atomic E-state index is 12.8. The van der Waals surface area contributed by atoms with Crippen LogP contribution in [-0.2, 0) is 16.1 Å². The van der Waals surface area contributed by atoms with Crippen LogP contribution in [0.25, 0.3) is 0 Å². The zero-order chi connectivity index (χ0) is 16.9. The highest BCUT2D eigenvalue weighted by Gasteiger charge is 2.32. The molecule has 0 aromatic carbocycles. The minimum atomic E-state index is -0.663. The summed E-state index contributed by atoms with van der Waals surface area (Å²) in [5.74, 6) is 0.718. The molecule has 7 nitrogen and oxygen atoms in total. The van der Waals surface area contributed by atoms with Gasteiger partial charge in [-0.25, -0.2) is 14.6 Å². The van der Waals surface area contributed by atoms with Crippen molar-refractivity contribution in [2.45, 2.75) is 38.8 Å². The third-order valence-electron chi connectivity index (χ3n) is 4.07. The van der Waals surface area contributed by atoms with Gasteiger partial charge in [0.2, 0.25) is 0 Å². The molecule has 0 spiro atoms. The predicted octanol–water partition coefficient (Wildman–Crippen LogP) is 2.68. The highest BCUT2D eigenvalue weighted by atomic mass is 16.5. The predicted molar refractivity (Wildman–Crippen MR) is 85.0 cm³/mol. The van der Waals surface area contributed by atoms with Crippen molar-refractivity contribution in [3.05, 3.63) is 42.9 Å². The van der Waals surface area contributed by atoms with E-state index in [1.54, 1.807) is 24.6 Å². The fourth-order valence-corrected chi connectivity index (χ4v) is 2.50. The van der Waals surface area contributed by atoms with Gasteiger partial charge in [0.15, 0.2) is 0 Å². The van der Waals surface area contributed by atoms with Crippen LogP contribution < -0.4 is 0 Å². The minimum Gasteiger partial charge on any atom is -0.467 e. The van der Waals surface area contributed by atoms with Crippen molar-refractivity contribution in [3.63, 3.8) is 0 Å². The average Bonchev–Trinajstić information content (AvgIpc) is 3.05. The fraction of sp³-hybridized carbons (Fsp3) is 0.471. The number of aromatic nitrogens is 2. The lowest BCUT2D eigenvalue weighted by Crippen LogP contribution is -2.46. The topological polar surface area (TPSA) is 77.6 Å². The number of furan rings is 1. The van der Waals surface area contributed by atoms with Gasteiger partial charge in [0.25, 0.3) is 0 Å². The molecule has 1 atom stereocenters. The summed E-state index contributed by atoms with van der Waals surface area (Å²) in [5, 5.41) is 0. The van der Waals surface area contributed by atoms with Crippen LogP contribution in [0.4, 0.5) is 4.79 Å². The lowest BCUT2D eigenvalue weighted by atomic mass is 10.2. The summed E-state index contributed by atoms with van der Waals surface area (Å²) in [6, 6.07) is 2.53. The summed E-state index contributed by atoms with van der Waals surface area (Å²) in [4.78, 5) is 30.6. The molecule has 1 aliphatic rings. The first-order valence-corrected chi connectivity index (χ1v) is 8.17. The van der Waals surface area contributed by atoms with Gasteiger partial charge in [-0.15, -0.1) is 0 Å². The number of rotatable bonds is 7. The number of imidazole rings is 1. The Morgan fingerprint density at radius 3 is 2.92 bits per heavy atom. The standard InChI is InChI=1S/C17H21N3O4/c1-2-15(16(21)24-11-13-5-6-13)20(10-14-4-3-9-23-14)17(22)19-8-7-18-12-19/h3-4,7-9,12-13,15H,2,5-6,10-11H2,1H3/t15-/m1/s1. The number of hydrogen-bond donors (Lipinski definition) is 0. The highest BCUT2D eigenvalue weighted by Crippen LogP contribution is 2.29. The van der Waals surface area contributed by atoms with E-state index in [-0.39, 0.29) is 18.5 Å². The number of ether oxygens (including phenoxy) is 1. The fourth-order valence-electron chi connectivity index (χ4n) is 2.50. The SMILES string of the molecule is CC[C@H](C(=O)OCC1CC1)N(Cc1ccco1)C(=O)n1ccnc1. The number of amides is 1. The number of carbonyl (C=O) groups is 2. The Hall–Kier alpha value is -2.57. The molecule has 2 aromatic rings. The molecular weight excluding hydrogens is 310 g/mol. The first kappa shape index (κ1) is 16.3. The van der Waals surface area contributed by atoms with Crippen molar-refractivity contribution in [2.24, 2.45) is 5.92 Å². The quantitative estimate of drug-likeness (QED) is 0.729. The van der Waals surface area contributed by atoms with Gasteiger partial charge >= 0.3 is 12.0 Å². The minimum absolute atomic E-state index is 0.195. The summed E-state index contributed by atoms with van der Waals surface area (Å²) >= 11 is 0. The monoisotopic (exact) mass is 331 g/mol. The van der Waals surface area contributed by atoms with E-state index in [1.807, 2.05) is 6.92 Å². The second-order valence-corrected chi connectivity index (χ2v) is 5.96. The maximum Gasteiger partial charge on any atom is 0.330 e. The van der Waals surface area contributed by atoms with Crippen molar-refractivity contribution in [1.29, 1.82) is 0 Å². The second-order valence-electron chi connectivity index (χ2n) is 5.96. The van der Waals surface area contributed by atoms with E-state index in [9.17, 15) is 9.59 Å². The molecule has 128 valence electrons. The zero-order valence-electron chi connectivity index (χ0n) is 13.6. The second kappa shape index (κ2) is 7.33.